The van der Waals surface area contributed by atoms with Crippen molar-refractivity contribution in [3.05, 3.63) is 33.8 Å². The number of hydrogen-bond acceptors (Lipinski definition) is 1. The summed E-state index contributed by atoms with van der Waals surface area (Å²) in [5.41, 5.74) is 1.61. The maximum absolute atomic E-state index is 6.25. The van der Waals surface area contributed by atoms with Gasteiger partial charge in [-0.15, -0.1) is 0 Å². The van der Waals surface area contributed by atoms with Crippen molar-refractivity contribution >= 4 is 23.2 Å². The molecule has 2 rings (SSSR count). The van der Waals surface area contributed by atoms with Crippen LogP contribution in [0.4, 0.5) is 0 Å². The van der Waals surface area contributed by atoms with Gasteiger partial charge in [0, 0.05) is 11.5 Å². The molecule has 1 aromatic carbocycles. The summed E-state index contributed by atoms with van der Waals surface area (Å²) in [6.07, 6.45) is 5.02. The van der Waals surface area contributed by atoms with E-state index in [0.29, 0.717) is 22.0 Å². The standard InChI is InChI=1S/C17H25Cl2N/c1-12(2)10-16(20(3)4)17(8-5-9-17)13-6-7-14(18)15(19)11-13/h6-7,11-12,16H,5,8-10H2,1-4H3/t16-/m0/s1. The summed E-state index contributed by atoms with van der Waals surface area (Å²) in [6.45, 7) is 4.61. The van der Waals surface area contributed by atoms with Gasteiger partial charge in [0.1, 0.15) is 0 Å². The van der Waals surface area contributed by atoms with Gasteiger partial charge in [-0.3, -0.25) is 0 Å². The number of likely N-dealkylation sites (N-methyl/N-ethyl adjacent to an activating group) is 1. The maximum atomic E-state index is 6.25. The van der Waals surface area contributed by atoms with Gasteiger partial charge >= 0.3 is 0 Å². The molecule has 20 heavy (non-hydrogen) atoms. The Labute approximate surface area is 133 Å². The van der Waals surface area contributed by atoms with Crippen molar-refractivity contribution in [2.75, 3.05) is 14.1 Å². The van der Waals surface area contributed by atoms with Crippen molar-refractivity contribution < 1.29 is 0 Å². The predicted molar refractivity (Wildman–Crippen MR) is 88.9 cm³/mol. The molecule has 112 valence electrons. The topological polar surface area (TPSA) is 3.24 Å². The smallest absolute Gasteiger partial charge is 0.0595 e. The molecular formula is C17H25Cl2N. The first-order valence-corrected chi connectivity index (χ1v) is 8.24. The van der Waals surface area contributed by atoms with Gasteiger partial charge in [-0.1, -0.05) is 49.5 Å². The first-order chi connectivity index (χ1) is 9.36. The van der Waals surface area contributed by atoms with E-state index >= 15 is 0 Å². The summed E-state index contributed by atoms with van der Waals surface area (Å²) in [4.78, 5) is 2.39. The van der Waals surface area contributed by atoms with E-state index in [1.54, 1.807) is 0 Å². The molecule has 0 N–H and O–H groups in total. The minimum Gasteiger partial charge on any atom is -0.306 e. The highest BCUT2D eigenvalue weighted by Gasteiger charge is 2.46. The van der Waals surface area contributed by atoms with Crippen LogP contribution in [0.5, 0.6) is 0 Å². The third-order valence-electron chi connectivity index (χ3n) is 4.70. The van der Waals surface area contributed by atoms with E-state index in [9.17, 15) is 0 Å². The van der Waals surface area contributed by atoms with Crippen molar-refractivity contribution in [3.8, 4) is 0 Å². The molecule has 3 heteroatoms. The minimum atomic E-state index is 0.252. The highest BCUT2D eigenvalue weighted by atomic mass is 35.5. The van der Waals surface area contributed by atoms with Crippen molar-refractivity contribution in [3.63, 3.8) is 0 Å². The van der Waals surface area contributed by atoms with Gasteiger partial charge in [-0.05, 0) is 57.0 Å². The highest BCUT2D eigenvalue weighted by Crippen LogP contribution is 2.50. The molecule has 1 atom stereocenters. The Bertz CT molecular complexity index is 464. The lowest BCUT2D eigenvalue weighted by atomic mass is 9.58. The van der Waals surface area contributed by atoms with E-state index in [1.165, 1.54) is 31.2 Å². The van der Waals surface area contributed by atoms with Gasteiger partial charge in [0.15, 0.2) is 0 Å². The minimum absolute atomic E-state index is 0.252. The molecule has 1 aliphatic rings. The average molecular weight is 314 g/mol. The van der Waals surface area contributed by atoms with Crippen LogP contribution in [0.3, 0.4) is 0 Å². The van der Waals surface area contributed by atoms with Crippen LogP contribution < -0.4 is 0 Å². The van der Waals surface area contributed by atoms with E-state index < -0.39 is 0 Å². The van der Waals surface area contributed by atoms with E-state index in [-0.39, 0.29) is 5.41 Å². The number of halogens is 2. The van der Waals surface area contributed by atoms with Crippen LogP contribution in [-0.4, -0.2) is 25.0 Å². The molecule has 0 bridgehead atoms. The zero-order valence-corrected chi connectivity index (χ0v) is 14.4. The molecule has 0 heterocycles. The monoisotopic (exact) mass is 313 g/mol. The summed E-state index contributed by atoms with van der Waals surface area (Å²) in [6, 6.07) is 6.76. The van der Waals surface area contributed by atoms with E-state index in [2.05, 4.69) is 45.0 Å². The molecule has 0 aromatic heterocycles. The molecule has 0 aliphatic heterocycles. The van der Waals surface area contributed by atoms with Crippen LogP contribution in [0, 0.1) is 5.92 Å². The second-order valence-corrected chi connectivity index (χ2v) is 7.56. The summed E-state index contributed by atoms with van der Waals surface area (Å²) >= 11 is 12.3. The largest absolute Gasteiger partial charge is 0.306 e. The Morgan fingerprint density at radius 3 is 2.20 bits per heavy atom. The molecular weight excluding hydrogens is 289 g/mol. The fourth-order valence-corrected chi connectivity index (χ4v) is 3.85. The predicted octanol–water partition coefficient (Wildman–Crippen LogP) is 5.39. The molecule has 0 saturated heterocycles. The SMILES string of the molecule is CC(C)C[C@H](N(C)C)C1(c2ccc(Cl)c(Cl)c2)CCC1. The Hall–Kier alpha value is -0.240. The van der Waals surface area contributed by atoms with Gasteiger partial charge in [0.2, 0.25) is 0 Å². The Kier molecular flexibility index (Phi) is 5.05. The molecule has 1 aliphatic carbocycles. The van der Waals surface area contributed by atoms with Gasteiger partial charge in [0.25, 0.3) is 0 Å². The van der Waals surface area contributed by atoms with Gasteiger partial charge < -0.3 is 4.90 Å². The molecule has 1 aromatic rings. The molecule has 0 radical (unpaired) electrons. The van der Waals surface area contributed by atoms with Crippen LogP contribution in [0.25, 0.3) is 0 Å². The third-order valence-corrected chi connectivity index (χ3v) is 5.44. The zero-order chi connectivity index (χ0) is 14.9. The third kappa shape index (κ3) is 3.00. The van der Waals surface area contributed by atoms with Crippen LogP contribution in [0.1, 0.15) is 45.1 Å². The molecule has 1 nitrogen and oxygen atoms in total. The Morgan fingerprint density at radius 2 is 1.80 bits per heavy atom. The fraction of sp³-hybridized carbons (Fsp3) is 0.647. The Balaban J connectivity index is 2.38. The van der Waals surface area contributed by atoms with Gasteiger partial charge in [-0.25, -0.2) is 0 Å². The van der Waals surface area contributed by atoms with Crippen LogP contribution in [0.2, 0.25) is 10.0 Å². The Morgan fingerprint density at radius 1 is 1.15 bits per heavy atom. The summed E-state index contributed by atoms with van der Waals surface area (Å²) in [5, 5.41) is 1.33. The van der Waals surface area contributed by atoms with Gasteiger partial charge in [-0.2, -0.15) is 0 Å². The lowest BCUT2D eigenvalue weighted by Gasteiger charge is -2.51. The van der Waals surface area contributed by atoms with Crippen molar-refractivity contribution in [2.45, 2.75) is 51.0 Å². The maximum Gasteiger partial charge on any atom is 0.0595 e. The highest BCUT2D eigenvalue weighted by molar-refractivity contribution is 6.42. The second-order valence-electron chi connectivity index (χ2n) is 6.75. The molecule has 0 spiro atoms. The number of nitrogens with zero attached hydrogens (tertiary/aromatic N) is 1. The number of rotatable bonds is 5. The van der Waals surface area contributed by atoms with E-state index in [4.69, 9.17) is 23.2 Å². The molecule has 1 fully saturated rings. The molecule has 1 saturated carbocycles. The number of benzene rings is 1. The van der Waals surface area contributed by atoms with E-state index in [1.807, 2.05) is 6.07 Å². The normalized spacial score (nSPS) is 19.2. The fourth-order valence-electron chi connectivity index (χ4n) is 3.55. The quantitative estimate of drug-likeness (QED) is 0.704. The van der Waals surface area contributed by atoms with Crippen LogP contribution in [0.15, 0.2) is 18.2 Å². The van der Waals surface area contributed by atoms with Gasteiger partial charge in [0.05, 0.1) is 10.0 Å². The first kappa shape index (κ1) is 16.1. The zero-order valence-electron chi connectivity index (χ0n) is 12.9. The lowest BCUT2D eigenvalue weighted by molar-refractivity contribution is 0.0808. The second kappa shape index (κ2) is 6.25. The van der Waals surface area contributed by atoms with Crippen molar-refractivity contribution in [2.24, 2.45) is 5.92 Å². The molecule has 0 amide bonds. The van der Waals surface area contributed by atoms with E-state index in [0.717, 1.165) is 0 Å². The van der Waals surface area contributed by atoms with Crippen LogP contribution >= 0.6 is 23.2 Å². The lowest BCUT2D eigenvalue weighted by Crippen LogP contribution is -2.52. The first-order valence-electron chi connectivity index (χ1n) is 7.49. The summed E-state index contributed by atoms with van der Waals surface area (Å²) in [7, 11) is 4.40. The number of hydrogen-bond donors (Lipinski definition) is 0. The van der Waals surface area contributed by atoms with Crippen LogP contribution in [-0.2, 0) is 5.41 Å². The molecule has 0 unspecified atom stereocenters. The summed E-state index contributed by atoms with van der Waals surface area (Å²) in [5.74, 6) is 0.697. The van der Waals surface area contributed by atoms with Crippen molar-refractivity contribution in [1.82, 2.24) is 4.90 Å². The average Bonchev–Trinajstić information content (AvgIpc) is 2.30. The van der Waals surface area contributed by atoms with Crippen molar-refractivity contribution in [1.29, 1.82) is 0 Å². The summed E-state index contributed by atoms with van der Waals surface area (Å²) < 4.78 is 0.